The molecule has 1 N–H and O–H groups in total. The Balaban J connectivity index is 2.07. The van der Waals surface area contributed by atoms with Crippen molar-refractivity contribution in [1.82, 2.24) is 15.1 Å². The van der Waals surface area contributed by atoms with Gasteiger partial charge in [-0.25, -0.2) is 4.68 Å². The molecule has 7 heteroatoms. The van der Waals surface area contributed by atoms with Crippen molar-refractivity contribution in [2.24, 2.45) is 0 Å². The van der Waals surface area contributed by atoms with E-state index in [0.717, 1.165) is 25.1 Å². The molecule has 0 bridgehead atoms. The van der Waals surface area contributed by atoms with Gasteiger partial charge >= 0.3 is 6.18 Å². The number of nitrogens with zero attached hydrogens (tertiary/aromatic N) is 2. The Hall–Kier alpha value is -2.02. The number of benzene rings is 1. The van der Waals surface area contributed by atoms with Crippen LogP contribution < -0.4 is 10.1 Å². The largest absolute Gasteiger partial charge is 0.490 e. The van der Waals surface area contributed by atoms with E-state index in [9.17, 15) is 13.2 Å². The number of rotatable bonds is 6. The van der Waals surface area contributed by atoms with Crippen molar-refractivity contribution in [3.05, 3.63) is 42.2 Å². The van der Waals surface area contributed by atoms with Gasteiger partial charge in [-0.1, -0.05) is 6.07 Å². The van der Waals surface area contributed by atoms with Crippen molar-refractivity contribution in [3.63, 3.8) is 0 Å². The Morgan fingerprint density at radius 1 is 1.33 bits per heavy atom. The second-order valence-corrected chi connectivity index (χ2v) is 4.47. The summed E-state index contributed by atoms with van der Waals surface area (Å²) in [7, 11) is 1.85. The Bertz CT molecular complexity index is 581. The smallest absolute Gasteiger partial charge is 0.416 e. The molecule has 0 unspecified atom stereocenters. The van der Waals surface area contributed by atoms with Crippen molar-refractivity contribution in [2.45, 2.75) is 12.6 Å². The molecule has 0 spiro atoms. The highest BCUT2D eigenvalue weighted by molar-refractivity contribution is 5.37. The molecule has 21 heavy (non-hydrogen) atoms. The van der Waals surface area contributed by atoms with Gasteiger partial charge in [0.1, 0.15) is 0 Å². The lowest BCUT2D eigenvalue weighted by Crippen LogP contribution is -2.11. The quantitative estimate of drug-likeness (QED) is 0.834. The molecule has 1 aromatic heterocycles. The van der Waals surface area contributed by atoms with Gasteiger partial charge < -0.3 is 10.1 Å². The molecular weight excluding hydrogens is 283 g/mol. The van der Waals surface area contributed by atoms with Crippen molar-refractivity contribution in [2.75, 3.05) is 20.2 Å². The molecule has 0 saturated carbocycles. The summed E-state index contributed by atoms with van der Waals surface area (Å²) in [6, 6.07) is 5.00. The molecular formula is C14H16F3N3O. The third-order valence-electron chi connectivity index (χ3n) is 2.84. The van der Waals surface area contributed by atoms with Gasteiger partial charge in [-0.15, -0.1) is 0 Å². The van der Waals surface area contributed by atoms with E-state index < -0.39 is 11.7 Å². The van der Waals surface area contributed by atoms with Gasteiger partial charge in [-0.05, 0) is 38.2 Å². The molecule has 4 nitrogen and oxygen atoms in total. The molecule has 0 amide bonds. The van der Waals surface area contributed by atoms with E-state index in [1.165, 1.54) is 16.9 Å². The topological polar surface area (TPSA) is 39.1 Å². The zero-order valence-corrected chi connectivity index (χ0v) is 11.5. The first-order valence-corrected chi connectivity index (χ1v) is 6.50. The van der Waals surface area contributed by atoms with Gasteiger partial charge in [-0.2, -0.15) is 18.3 Å². The van der Waals surface area contributed by atoms with Crippen LogP contribution in [-0.2, 0) is 6.18 Å². The maximum absolute atomic E-state index is 12.7. The Morgan fingerprint density at radius 2 is 2.14 bits per heavy atom. The monoisotopic (exact) mass is 299 g/mol. The number of halogens is 3. The first kappa shape index (κ1) is 15.4. The third-order valence-corrected chi connectivity index (χ3v) is 2.84. The summed E-state index contributed by atoms with van der Waals surface area (Å²) in [4.78, 5) is 0. The summed E-state index contributed by atoms with van der Waals surface area (Å²) < 4.78 is 44.8. The van der Waals surface area contributed by atoms with Gasteiger partial charge in [-0.3, -0.25) is 0 Å². The lowest BCUT2D eigenvalue weighted by Gasteiger charge is -2.08. The second-order valence-electron chi connectivity index (χ2n) is 4.47. The normalized spacial score (nSPS) is 11.6. The lowest BCUT2D eigenvalue weighted by atomic mass is 10.2. The number of ether oxygens (including phenoxy) is 1. The Morgan fingerprint density at radius 3 is 2.86 bits per heavy atom. The molecule has 0 aliphatic carbocycles. The van der Waals surface area contributed by atoms with Crippen molar-refractivity contribution in [1.29, 1.82) is 0 Å². The minimum absolute atomic E-state index is 0.342. The molecule has 0 aliphatic rings. The third kappa shape index (κ3) is 4.22. The van der Waals surface area contributed by atoms with E-state index in [1.54, 1.807) is 12.3 Å². The van der Waals surface area contributed by atoms with E-state index in [-0.39, 0.29) is 0 Å². The van der Waals surface area contributed by atoms with Gasteiger partial charge in [0.25, 0.3) is 0 Å². The van der Waals surface area contributed by atoms with Crippen LogP contribution in [0, 0.1) is 0 Å². The molecule has 0 aliphatic heterocycles. The van der Waals surface area contributed by atoms with E-state index in [4.69, 9.17) is 4.74 Å². The zero-order chi connectivity index (χ0) is 15.3. The van der Waals surface area contributed by atoms with E-state index in [0.29, 0.717) is 18.0 Å². The van der Waals surface area contributed by atoms with Crippen LogP contribution in [0.5, 0.6) is 5.75 Å². The van der Waals surface area contributed by atoms with E-state index >= 15 is 0 Å². The summed E-state index contributed by atoms with van der Waals surface area (Å²) >= 11 is 0. The number of nitrogens with one attached hydrogen (secondary N) is 1. The van der Waals surface area contributed by atoms with Crippen LogP contribution in [0.2, 0.25) is 0 Å². The summed E-state index contributed by atoms with van der Waals surface area (Å²) in [6.07, 6.45) is -0.477. The minimum atomic E-state index is -4.37. The second kappa shape index (κ2) is 6.62. The molecule has 2 aromatic rings. The fourth-order valence-electron chi connectivity index (χ4n) is 1.79. The van der Waals surface area contributed by atoms with Gasteiger partial charge in [0.05, 0.1) is 30.3 Å². The number of hydrogen-bond donors (Lipinski definition) is 1. The summed E-state index contributed by atoms with van der Waals surface area (Å²) in [5, 5.41) is 7.02. The van der Waals surface area contributed by atoms with Crippen LogP contribution in [0.4, 0.5) is 13.2 Å². The lowest BCUT2D eigenvalue weighted by molar-refractivity contribution is -0.137. The number of hydrogen-bond acceptors (Lipinski definition) is 3. The maximum Gasteiger partial charge on any atom is 0.416 e. The highest BCUT2D eigenvalue weighted by Crippen LogP contribution is 2.30. The molecule has 2 rings (SSSR count). The van der Waals surface area contributed by atoms with Crippen LogP contribution in [0.3, 0.4) is 0 Å². The van der Waals surface area contributed by atoms with Crippen LogP contribution in [0.25, 0.3) is 5.69 Å². The predicted octanol–water partition coefficient (Wildman–Crippen LogP) is 2.88. The zero-order valence-electron chi connectivity index (χ0n) is 11.5. The van der Waals surface area contributed by atoms with Gasteiger partial charge in [0.15, 0.2) is 5.75 Å². The fraction of sp³-hybridized carbons (Fsp3) is 0.357. The van der Waals surface area contributed by atoms with Crippen LogP contribution in [-0.4, -0.2) is 30.0 Å². The predicted molar refractivity (Wildman–Crippen MR) is 72.6 cm³/mol. The van der Waals surface area contributed by atoms with Crippen LogP contribution >= 0.6 is 0 Å². The average Bonchev–Trinajstić information content (AvgIpc) is 2.92. The van der Waals surface area contributed by atoms with Crippen molar-refractivity contribution < 1.29 is 17.9 Å². The average molecular weight is 299 g/mol. The van der Waals surface area contributed by atoms with Crippen molar-refractivity contribution in [3.8, 4) is 11.4 Å². The van der Waals surface area contributed by atoms with Crippen molar-refractivity contribution >= 4 is 0 Å². The highest BCUT2D eigenvalue weighted by atomic mass is 19.4. The van der Waals surface area contributed by atoms with Crippen LogP contribution in [0.1, 0.15) is 12.0 Å². The standard InChI is InChI=1S/C14H16F3N3O/c1-18-6-3-7-21-13-9-19-20(10-13)12-5-2-4-11(8-12)14(15,16)17/h2,4-5,8-10,18H,3,6-7H2,1H3. The molecule has 1 aromatic carbocycles. The molecule has 0 saturated heterocycles. The van der Waals surface area contributed by atoms with Crippen LogP contribution in [0.15, 0.2) is 36.7 Å². The Kier molecular flexibility index (Phi) is 4.85. The maximum atomic E-state index is 12.7. The Labute approximate surface area is 120 Å². The van der Waals surface area contributed by atoms with Gasteiger partial charge in [0.2, 0.25) is 0 Å². The summed E-state index contributed by atoms with van der Waals surface area (Å²) in [5.41, 5.74) is -0.359. The molecule has 0 fully saturated rings. The highest BCUT2D eigenvalue weighted by Gasteiger charge is 2.30. The molecule has 0 atom stereocenters. The van der Waals surface area contributed by atoms with E-state index in [1.807, 2.05) is 7.05 Å². The number of aromatic nitrogens is 2. The minimum Gasteiger partial charge on any atom is -0.490 e. The number of alkyl halides is 3. The SMILES string of the molecule is CNCCCOc1cnn(-c2cccc(C(F)(F)F)c2)c1. The molecule has 114 valence electrons. The first-order chi connectivity index (χ1) is 10.0. The molecule has 0 radical (unpaired) electrons. The summed E-state index contributed by atoms with van der Waals surface area (Å²) in [5.74, 6) is 0.531. The molecule has 1 heterocycles. The van der Waals surface area contributed by atoms with E-state index in [2.05, 4.69) is 10.4 Å². The fourth-order valence-corrected chi connectivity index (χ4v) is 1.79. The van der Waals surface area contributed by atoms with Gasteiger partial charge in [0, 0.05) is 0 Å². The first-order valence-electron chi connectivity index (χ1n) is 6.50. The summed E-state index contributed by atoms with van der Waals surface area (Å²) in [6.45, 7) is 1.36.